The van der Waals surface area contributed by atoms with Crippen LogP contribution < -0.4 is 10.2 Å². The first-order chi connectivity index (χ1) is 8.01. The van der Waals surface area contributed by atoms with Crippen molar-refractivity contribution in [1.29, 1.82) is 0 Å². The number of hydrogen-bond donors (Lipinski definition) is 1. The minimum atomic E-state index is -0.672. The molecule has 0 aliphatic rings. The highest BCUT2D eigenvalue weighted by atomic mass is 19.1. The van der Waals surface area contributed by atoms with E-state index in [1.807, 2.05) is 25.7 Å². The Hall–Kier alpha value is -1.39. The van der Waals surface area contributed by atoms with Gasteiger partial charge in [-0.15, -0.1) is 0 Å². The van der Waals surface area contributed by atoms with E-state index in [9.17, 15) is 8.78 Å². The summed E-state index contributed by atoms with van der Waals surface area (Å²) in [4.78, 5) is 5.82. The van der Waals surface area contributed by atoms with Crippen LogP contribution in [0.5, 0.6) is 0 Å². The van der Waals surface area contributed by atoms with Gasteiger partial charge in [-0.2, -0.15) is 0 Å². The minimum absolute atomic E-state index is 0.0724. The summed E-state index contributed by atoms with van der Waals surface area (Å²) in [5.74, 6) is -1.02. The quantitative estimate of drug-likeness (QED) is 0.861. The van der Waals surface area contributed by atoms with Gasteiger partial charge in [0, 0.05) is 25.7 Å². The number of rotatable bonds is 5. The van der Waals surface area contributed by atoms with Crippen LogP contribution in [0, 0.1) is 11.6 Å². The van der Waals surface area contributed by atoms with E-state index in [2.05, 4.69) is 10.3 Å². The lowest BCUT2D eigenvalue weighted by atomic mass is 10.2. The molecule has 17 heavy (non-hydrogen) atoms. The molecule has 0 saturated carbocycles. The van der Waals surface area contributed by atoms with Crippen LogP contribution in [0.1, 0.15) is 27.2 Å². The first-order valence-electron chi connectivity index (χ1n) is 5.81. The van der Waals surface area contributed by atoms with Crippen molar-refractivity contribution >= 4 is 11.6 Å². The van der Waals surface area contributed by atoms with E-state index in [-0.39, 0.29) is 17.7 Å². The van der Waals surface area contributed by atoms with E-state index in [0.717, 1.165) is 12.5 Å². The Balaban J connectivity index is 3.18. The van der Waals surface area contributed by atoms with Crippen molar-refractivity contribution in [3.05, 3.63) is 17.7 Å². The van der Waals surface area contributed by atoms with E-state index in [0.29, 0.717) is 6.54 Å². The van der Waals surface area contributed by atoms with E-state index < -0.39 is 11.6 Å². The number of halogens is 2. The van der Waals surface area contributed by atoms with E-state index in [4.69, 9.17) is 0 Å². The summed E-state index contributed by atoms with van der Waals surface area (Å²) < 4.78 is 27.0. The topological polar surface area (TPSA) is 28.2 Å². The number of pyridine rings is 1. The van der Waals surface area contributed by atoms with Crippen molar-refractivity contribution in [2.24, 2.45) is 0 Å². The van der Waals surface area contributed by atoms with Crippen LogP contribution in [0.15, 0.2) is 6.07 Å². The molecule has 0 atom stereocenters. The van der Waals surface area contributed by atoms with Gasteiger partial charge in [0.2, 0.25) is 0 Å². The Kier molecular flexibility index (Phi) is 4.66. The maximum Gasteiger partial charge on any atom is 0.168 e. The Labute approximate surface area is 101 Å². The normalized spacial score (nSPS) is 10.8. The highest BCUT2D eigenvalue weighted by Crippen LogP contribution is 2.23. The number of nitrogens with zero attached hydrogens (tertiary/aromatic N) is 2. The van der Waals surface area contributed by atoms with Gasteiger partial charge in [-0.1, -0.05) is 6.92 Å². The minimum Gasteiger partial charge on any atom is -0.371 e. The van der Waals surface area contributed by atoms with Crippen LogP contribution in [0.3, 0.4) is 0 Å². The lowest BCUT2D eigenvalue weighted by Crippen LogP contribution is -2.33. The van der Waals surface area contributed by atoms with Crippen molar-refractivity contribution in [3.63, 3.8) is 0 Å². The Morgan fingerprint density at radius 2 is 2.00 bits per heavy atom. The zero-order chi connectivity index (χ0) is 13.0. The molecule has 5 heteroatoms. The third-order valence-electron chi connectivity index (χ3n) is 2.51. The van der Waals surface area contributed by atoms with Gasteiger partial charge in [-0.05, 0) is 20.3 Å². The highest BCUT2D eigenvalue weighted by Gasteiger charge is 2.18. The SMILES string of the molecule is CCCN(c1nc(NC)c(F)cc1F)C(C)C. The van der Waals surface area contributed by atoms with Crippen molar-refractivity contribution < 1.29 is 8.78 Å². The molecule has 3 nitrogen and oxygen atoms in total. The molecule has 0 amide bonds. The van der Waals surface area contributed by atoms with Crippen molar-refractivity contribution in [2.45, 2.75) is 33.2 Å². The highest BCUT2D eigenvalue weighted by molar-refractivity contribution is 5.49. The standard InChI is InChI=1S/C12H19F2N3/c1-5-6-17(8(2)3)12-10(14)7-9(13)11(15-4)16-12/h7-8H,5-6H2,1-4H3,(H,15,16). The van der Waals surface area contributed by atoms with Gasteiger partial charge in [-0.3, -0.25) is 0 Å². The second-order valence-electron chi connectivity index (χ2n) is 4.16. The Morgan fingerprint density at radius 1 is 1.35 bits per heavy atom. The van der Waals surface area contributed by atoms with E-state index in [1.54, 1.807) is 7.05 Å². The zero-order valence-corrected chi connectivity index (χ0v) is 10.7. The molecule has 0 aromatic carbocycles. The molecule has 1 aromatic rings. The van der Waals surface area contributed by atoms with Gasteiger partial charge in [-0.25, -0.2) is 13.8 Å². The van der Waals surface area contributed by atoms with Crippen LogP contribution in [-0.4, -0.2) is 24.6 Å². The smallest absolute Gasteiger partial charge is 0.168 e. The molecule has 0 fully saturated rings. The summed E-state index contributed by atoms with van der Waals surface area (Å²) in [5, 5.41) is 2.62. The van der Waals surface area contributed by atoms with Crippen LogP contribution in [-0.2, 0) is 0 Å². The lowest BCUT2D eigenvalue weighted by molar-refractivity contribution is 0.558. The first kappa shape index (κ1) is 13.7. The van der Waals surface area contributed by atoms with Crippen LogP contribution >= 0.6 is 0 Å². The molecule has 0 unspecified atom stereocenters. The molecule has 1 heterocycles. The fourth-order valence-electron chi connectivity index (χ4n) is 1.68. The third-order valence-corrected chi connectivity index (χ3v) is 2.51. The molecule has 1 N–H and O–H groups in total. The van der Waals surface area contributed by atoms with Gasteiger partial charge in [0.15, 0.2) is 23.3 Å². The third kappa shape index (κ3) is 3.05. The maximum atomic E-state index is 13.7. The average Bonchev–Trinajstić information content (AvgIpc) is 2.26. The van der Waals surface area contributed by atoms with Gasteiger partial charge in [0.1, 0.15) is 0 Å². The van der Waals surface area contributed by atoms with E-state index >= 15 is 0 Å². The van der Waals surface area contributed by atoms with Gasteiger partial charge >= 0.3 is 0 Å². The predicted molar refractivity (Wildman–Crippen MR) is 66.5 cm³/mol. The second-order valence-corrected chi connectivity index (χ2v) is 4.16. The molecule has 0 saturated heterocycles. The summed E-state index contributed by atoms with van der Waals surface area (Å²) in [6, 6.07) is 0.992. The molecule has 0 aliphatic carbocycles. The second kappa shape index (κ2) is 5.80. The van der Waals surface area contributed by atoms with Gasteiger partial charge < -0.3 is 10.2 Å². The molecule has 0 radical (unpaired) electrons. The molecular weight excluding hydrogens is 224 g/mol. The average molecular weight is 243 g/mol. The van der Waals surface area contributed by atoms with Crippen molar-refractivity contribution in [2.75, 3.05) is 23.8 Å². The monoisotopic (exact) mass is 243 g/mol. The van der Waals surface area contributed by atoms with Gasteiger partial charge in [0.25, 0.3) is 0 Å². The van der Waals surface area contributed by atoms with Gasteiger partial charge in [0.05, 0.1) is 0 Å². The molecule has 96 valence electrons. The number of aromatic nitrogens is 1. The number of anilines is 2. The van der Waals surface area contributed by atoms with Crippen molar-refractivity contribution in [3.8, 4) is 0 Å². The summed E-state index contributed by atoms with van der Waals surface area (Å²) in [6.45, 7) is 6.62. The lowest BCUT2D eigenvalue weighted by Gasteiger charge is -2.28. The largest absolute Gasteiger partial charge is 0.371 e. The fourth-order valence-corrected chi connectivity index (χ4v) is 1.68. The number of nitrogens with one attached hydrogen (secondary N) is 1. The summed E-state index contributed by atoms with van der Waals surface area (Å²) in [6.07, 6.45) is 0.881. The molecule has 0 bridgehead atoms. The first-order valence-corrected chi connectivity index (χ1v) is 5.81. The number of hydrogen-bond acceptors (Lipinski definition) is 3. The molecular formula is C12H19F2N3. The Bertz CT molecular complexity index is 380. The fraction of sp³-hybridized carbons (Fsp3) is 0.583. The predicted octanol–water partition coefficient (Wildman–Crippen LogP) is 3.03. The zero-order valence-electron chi connectivity index (χ0n) is 10.7. The van der Waals surface area contributed by atoms with Crippen LogP contribution in [0.2, 0.25) is 0 Å². The van der Waals surface area contributed by atoms with Crippen LogP contribution in [0.4, 0.5) is 20.4 Å². The van der Waals surface area contributed by atoms with Crippen LogP contribution in [0.25, 0.3) is 0 Å². The molecule has 0 spiro atoms. The maximum absolute atomic E-state index is 13.7. The summed E-state index contributed by atoms with van der Waals surface area (Å²) in [7, 11) is 1.56. The summed E-state index contributed by atoms with van der Waals surface area (Å²) >= 11 is 0. The molecule has 0 aliphatic heterocycles. The van der Waals surface area contributed by atoms with E-state index in [1.165, 1.54) is 0 Å². The Morgan fingerprint density at radius 3 is 2.47 bits per heavy atom. The van der Waals surface area contributed by atoms with Crippen molar-refractivity contribution in [1.82, 2.24) is 4.98 Å². The summed E-state index contributed by atoms with van der Waals surface area (Å²) in [5.41, 5.74) is 0. The molecule has 1 aromatic heterocycles. The molecule has 1 rings (SSSR count).